The van der Waals surface area contributed by atoms with Crippen molar-refractivity contribution in [1.29, 1.82) is 0 Å². The lowest BCUT2D eigenvalue weighted by Gasteiger charge is -2.21. The Morgan fingerprint density at radius 3 is 2.45 bits per heavy atom. The molecule has 0 N–H and O–H groups in total. The summed E-state index contributed by atoms with van der Waals surface area (Å²) in [5.74, 6) is 0.752. The molecule has 0 spiro atoms. The van der Waals surface area contributed by atoms with Crippen molar-refractivity contribution in [3.8, 4) is 0 Å². The molecule has 1 saturated heterocycles. The van der Waals surface area contributed by atoms with Gasteiger partial charge in [0.15, 0.2) is 5.79 Å². The second kappa shape index (κ2) is 2.76. The van der Waals surface area contributed by atoms with E-state index < -0.39 is 0 Å². The van der Waals surface area contributed by atoms with E-state index in [-0.39, 0.29) is 5.79 Å². The molecule has 0 aromatic heterocycles. The summed E-state index contributed by atoms with van der Waals surface area (Å²) in [4.78, 5) is 0. The highest BCUT2D eigenvalue weighted by Gasteiger charge is 2.33. The van der Waals surface area contributed by atoms with Gasteiger partial charge in [-0.2, -0.15) is 0 Å². The Balaban J connectivity index is 1.73. The maximum Gasteiger partial charge on any atom is 0.165 e. The van der Waals surface area contributed by atoms with Crippen molar-refractivity contribution in [3.05, 3.63) is 0 Å². The molecule has 0 amide bonds. The van der Waals surface area contributed by atoms with Gasteiger partial charge in [0, 0.05) is 6.42 Å². The predicted molar refractivity (Wildman–Crippen MR) is 42.3 cm³/mol. The van der Waals surface area contributed by atoms with Crippen LogP contribution in [0.3, 0.4) is 0 Å². The summed E-state index contributed by atoms with van der Waals surface area (Å²) in [6.45, 7) is 3.62. The van der Waals surface area contributed by atoms with Crippen LogP contribution >= 0.6 is 0 Å². The first kappa shape index (κ1) is 7.56. The minimum Gasteiger partial charge on any atom is -0.348 e. The highest BCUT2D eigenvalue weighted by Crippen LogP contribution is 2.37. The maximum absolute atomic E-state index is 5.50. The van der Waals surface area contributed by atoms with Crippen molar-refractivity contribution in [2.24, 2.45) is 5.92 Å². The number of hydrogen-bond acceptors (Lipinski definition) is 2. The third-order valence-electron chi connectivity index (χ3n) is 2.60. The largest absolute Gasteiger partial charge is 0.348 e. The lowest BCUT2D eigenvalue weighted by molar-refractivity contribution is -0.148. The third-order valence-corrected chi connectivity index (χ3v) is 2.60. The molecule has 64 valence electrons. The van der Waals surface area contributed by atoms with Crippen LogP contribution in [0.1, 0.15) is 32.6 Å². The molecule has 2 aliphatic rings. The molecule has 1 aliphatic carbocycles. The van der Waals surface area contributed by atoms with Crippen LogP contribution in [-0.2, 0) is 9.47 Å². The highest BCUT2D eigenvalue weighted by atomic mass is 16.7. The van der Waals surface area contributed by atoms with Crippen molar-refractivity contribution in [2.75, 3.05) is 13.2 Å². The van der Waals surface area contributed by atoms with E-state index in [1.165, 1.54) is 19.3 Å². The Hall–Kier alpha value is -0.0800. The highest BCUT2D eigenvalue weighted by molar-refractivity contribution is 4.77. The van der Waals surface area contributed by atoms with Crippen LogP contribution in [0, 0.1) is 5.92 Å². The van der Waals surface area contributed by atoms with Crippen LogP contribution in [0.25, 0.3) is 0 Å². The fourth-order valence-electron chi connectivity index (χ4n) is 1.57. The summed E-state index contributed by atoms with van der Waals surface area (Å²) in [6, 6.07) is 0. The van der Waals surface area contributed by atoms with Gasteiger partial charge in [-0.1, -0.05) is 12.8 Å². The number of rotatable bonds is 3. The van der Waals surface area contributed by atoms with E-state index >= 15 is 0 Å². The van der Waals surface area contributed by atoms with Crippen molar-refractivity contribution < 1.29 is 9.47 Å². The van der Waals surface area contributed by atoms with Gasteiger partial charge in [0.1, 0.15) is 0 Å². The van der Waals surface area contributed by atoms with E-state index in [0.717, 1.165) is 25.6 Å². The summed E-state index contributed by atoms with van der Waals surface area (Å²) in [6.07, 6.45) is 5.22. The van der Waals surface area contributed by atoms with E-state index in [0.29, 0.717) is 0 Å². The quantitative estimate of drug-likeness (QED) is 0.621. The first-order valence-corrected chi connectivity index (χ1v) is 4.56. The minimum absolute atomic E-state index is 0.234. The second-order valence-corrected chi connectivity index (χ2v) is 3.81. The molecule has 2 fully saturated rings. The van der Waals surface area contributed by atoms with Crippen LogP contribution in [0.5, 0.6) is 0 Å². The molecule has 0 radical (unpaired) electrons. The van der Waals surface area contributed by atoms with Crippen molar-refractivity contribution in [2.45, 2.75) is 38.4 Å². The Labute approximate surface area is 67.9 Å². The van der Waals surface area contributed by atoms with Crippen molar-refractivity contribution in [3.63, 3.8) is 0 Å². The van der Waals surface area contributed by atoms with Gasteiger partial charge in [-0.15, -0.1) is 0 Å². The topological polar surface area (TPSA) is 18.5 Å². The summed E-state index contributed by atoms with van der Waals surface area (Å²) in [5, 5.41) is 0. The lowest BCUT2D eigenvalue weighted by Crippen LogP contribution is -2.25. The molecule has 0 unspecified atom stereocenters. The Kier molecular flexibility index (Phi) is 1.90. The van der Waals surface area contributed by atoms with Crippen LogP contribution in [0.15, 0.2) is 0 Å². The van der Waals surface area contributed by atoms with E-state index in [1.54, 1.807) is 0 Å². The molecule has 2 nitrogen and oxygen atoms in total. The average molecular weight is 156 g/mol. The minimum atomic E-state index is -0.234. The van der Waals surface area contributed by atoms with Gasteiger partial charge >= 0.3 is 0 Å². The van der Waals surface area contributed by atoms with Crippen molar-refractivity contribution in [1.82, 2.24) is 0 Å². The summed E-state index contributed by atoms with van der Waals surface area (Å²) < 4.78 is 11.0. The second-order valence-electron chi connectivity index (χ2n) is 3.81. The Bertz CT molecular complexity index is 134. The van der Waals surface area contributed by atoms with Crippen LogP contribution in [0.2, 0.25) is 0 Å². The molecule has 0 aromatic carbocycles. The van der Waals surface area contributed by atoms with E-state index in [9.17, 15) is 0 Å². The van der Waals surface area contributed by atoms with Gasteiger partial charge in [0.05, 0.1) is 13.2 Å². The third kappa shape index (κ3) is 1.94. The molecule has 1 saturated carbocycles. The van der Waals surface area contributed by atoms with Crippen LogP contribution in [0.4, 0.5) is 0 Å². The number of ether oxygens (including phenoxy) is 2. The maximum atomic E-state index is 5.50. The van der Waals surface area contributed by atoms with Gasteiger partial charge < -0.3 is 9.47 Å². The SMILES string of the molecule is CC1(CCC2CC2)OCCO1. The summed E-state index contributed by atoms with van der Waals surface area (Å²) >= 11 is 0. The molecule has 0 aromatic rings. The zero-order valence-corrected chi connectivity index (χ0v) is 7.14. The Morgan fingerprint density at radius 1 is 1.27 bits per heavy atom. The van der Waals surface area contributed by atoms with Gasteiger partial charge in [0.2, 0.25) is 0 Å². The standard InChI is InChI=1S/C9H16O2/c1-9(10-6-7-11-9)5-4-8-2-3-8/h8H,2-7H2,1H3. The average Bonchev–Trinajstić information content (AvgIpc) is 2.73. The molecule has 0 atom stereocenters. The molecule has 1 heterocycles. The fourth-order valence-corrected chi connectivity index (χ4v) is 1.57. The van der Waals surface area contributed by atoms with Gasteiger partial charge in [-0.25, -0.2) is 0 Å². The summed E-state index contributed by atoms with van der Waals surface area (Å²) in [7, 11) is 0. The molecule has 2 rings (SSSR count). The molecule has 2 heteroatoms. The zero-order chi connectivity index (χ0) is 7.73. The molecule has 11 heavy (non-hydrogen) atoms. The summed E-state index contributed by atoms with van der Waals surface area (Å²) in [5.41, 5.74) is 0. The van der Waals surface area contributed by atoms with Crippen LogP contribution in [-0.4, -0.2) is 19.0 Å². The number of hydrogen-bond donors (Lipinski definition) is 0. The Morgan fingerprint density at radius 2 is 1.91 bits per heavy atom. The zero-order valence-electron chi connectivity index (χ0n) is 7.14. The van der Waals surface area contributed by atoms with Gasteiger partial charge in [-0.3, -0.25) is 0 Å². The molecular weight excluding hydrogens is 140 g/mol. The lowest BCUT2D eigenvalue weighted by atomic mass is 10.1. The first-order valence-electron chi connectivity index (χ1n) is 4.56. The smallest absolute Gasteiger partial charge is 0.165 e. The van der Waals surface area contributed by atoms with Gasteiger partial charge in [0.25, 0.3) is 0 Å². The normalized spacial score (nSPS) is 29.2. The molecule has 1 aliphatic heterocycles. The van der Waals surface area contributed by atoms with E-state index in [2.05, 4.69) is 6.92 Å². The fraction of sp³-hybridized carbons (Fsp3) is 1.00. The molecule has 0 bridgehead atoms. The van der Waals surface area contributed by atoms with Gasteiger partial charge in [-0.05, 0) is 19.3 Å². The predicted octanol–water partition coefficient (Wildman–Crippen LogP) is 1.94. The first-order chi connectivity index (χ1) is 5.29. The van der Waals surface area contributed by atoms with E-state index in [4.69, 9.17) is 9.47 Å². The monoisotopic (exact) mass is 156 g/mol. The van der Waals surface area contributed by atoms with Crippen molar-refractivity contribution >= 4 is 0 Å². The van der Waals surface area contributed by atoms with Crippen LogP contribution < -0.4 is 0 Å². The van der Waals surface area contributed by atoms with E-state index in [1.807, 2.05) is 0 Å². The molecular formula is C9H16O2.